The third kappa shape index (κ3) is 5.49. The number of hydrogen-bond acceptors (Lipinski definition) is 5. The lowest BCUT2D eigenvalue weighted by molar-refractivity contribution is -0.133. The zero-order chi connectivity index (χ0) is 25.1. The van der Waals surface area contributed by atoms with Crippen molar-refractivity contribution in [3.8, 4) is 0 Å². The Morgan fingerprint density at radius 1 is 1.08 bits per heavy atom. The lowest BCUT2D eigenvalue weighted by Gasteiger charge is -2.34. The molecule has 0 unspecified atom stereocenters. The van der Waals surface area contributed by atoms with Crippen LogP contribution in [0.1, 0.15) is 36.5 Å². The van der Waals surface area contributed by atoms with E-state index >= 15 is 0 Å². The van der Waals surface area contributed by atoms with Gasteiger partial charge in [-0.15, -0.1) is 0 Å². The van der Waals surface area contributed by atoms with Crippen LogP contribution in [0.25, 0.3) is 10.9 Å². The van der Waals surface area contributed by atoms with E-state index in [1.165, 1.54) is 0 Å². The summed E-state index contributed by atoms with van der Waals surface area (Å²) in [5, 5.41) is 7.45. The molecule has 8 heteroatoms. The van der Waals surface area contributed by atoms with Gasteiger partial charge < -0.3 is 15.5 Å². The van der Waals surface area contributed by atoms with Crippen LogP contribution in [-0.2, 0) is 4.79 Å². The van der Waals surface area contributed by atoms with E-state index in [0.29, 0.717) is 18.5 Å². The predicted molar refractivity (Wildman–Crippen MR) is 140 cm³/mol. The number of rotatable bonds is 6. The van der Waals surface area contributed by atoms with Crippen molar-refractivity contribution in [2.24, 2.45) is 0 Å². The zero-order valence-electron chi connectivity index (χ0n) is 20.5. The number of halogens is 1. The first-order valence-corrected chi connectivity index (χ1v) is 12.6. The summed E-state index contributed by atoms with van der Waals surface area (Å²) in [6.07, 6.45) is 2.93. The number of nitrogens with zero attached hydrogens (tertiary/aromatic N) is 3. The number of anilines is 2. The third-order valence-corrected chi connectivity index (χ3v) is 7.17. The molecule has 2 aliphatic rings. The molecule has 3 heterocycles. The second-order valence-electron chi connectivity index (χ2n) is 9.84. The second kappa shape index (κ2) is 10.6. The highest BCUT2D eigenvalue weighted by Gasteiger charge is 2.33. The molecule has 7 nitrogen and oxygen atoms in total. The number of nitrogens with one attached hydrogen (secondary N) is 2. The Hall–Kier alpha value is -3.52. The van der Waals surface area contributed by atoms with Crippen LogP contribution in [0.15, 0.2) is 60.8 Å². The second-order valence-corrected chi connectivity index (χ2v) is 9.84. The highest BCUT2D eigenvalue weighted by molar-refractivity contribution is 6.07. The summed E-state index contributed by atoms with van der Waals surface area (Å²) in [5.41, 5.74) is 3.01. The van der Waals surface area contributed by atoms with Crippen molar-refractivity contribution in [1.29, 1.82) is 0 Å². The van der Waals surface area contributed by atoms with E-state index in [-0.39, 0.29) is 30.4 Å². The summed E-state index contributed by atoms with van der Waals surface area (Å²) in [5.74, 6) is -0.176. The number of amides is 2. The smallest absolute Gasteiger partial charge is 0.257 e. The van der Waals surface area contributed by atoms with Gasteiger partial charge >= 0.3 is 0 Å². The third-order valence-electron chi connectivity index (χ3n) is 7.17. The molecular weight excluding hydrogens is 457 g/mol. The van der Waals surface area contributed by atoms with Gasteiger partial charge in [0, 0.05) is 54.6 Å². The molecule has 36 heavy (non-hydrogen) atoms. The molecule has 2 amide bonds. The number of carbonyl (C=O) groups excluding carboxylic acids is 2. The Labute approximate surface area is 210 Å². The number of benzene rings is 2. The molecule has 2 saturated heterocycles. The van der Waals surface area contributed by atoms with Gasteiger partial charge in [-0.25, -0.2) is 4.39 Å². The maximum absolute atomic E-state index is 13.7. The predicted octanol–water partition coefficient (Wildman–Crippen LogP) is 4.32. The van der Waals surface area contributed by atoms with Crippen LogP contribution in [0.5, 0.6) is 0 Å². The van der Waals surface area contributed by atoms with Crippen molar-refractivity contribution < 1.29 is 14.0 Å². The van der Waals surface area contributed by atoms with Crippen molar-refractivity contribution in [2.75, 3.05) is 36.8 Å². The van der Waals surface area contributed by atoms with E-state index < -0.39 is 6.17 Å². The number of likely N-dealkylation sites (tertiary alicyclic amines) is 2. The Morgan fingerprint density at radius 3 is 2.58 bits per heavy atom. The number of para-hydroxylation sites is 1. The van der Waals surface area contributed by atoms with Gasteiger partial charge in [0.2, 0.25) is 5.91 Å². The molecule has 3 aromatic rings. The average molecular weight is 490 g/mol. The SMILES string of the molecule is C[C@@H]1C[C@H](F)CN1C(=O)CN1CCC(Nc2cccc3ncc(C(=O)Nc4ccccc4)cc23)CC1. The van der Waals surface area contributed by atoms with Crippen LogP contribution in [-0.4, -0.2) is 71.0 Å². The maximum atomic E-state index is 13.7. The van der Waals surface area contributed by atoms with Gasteiger partial charge in [-0.2, -0.15) is 0 Å². The Kier molecular flexibility index (Phi) is 7.13. The maximum Gasteiger partial charge on any atom is 0.257 e. The molecule has 2 N–H and O–H groups in total. The van der Waals surface area contributed by atoms with Crippen molar-refractivity contribution in [3.05, 3.63) is 66.4 Å². The molecule has 2 aliphatic heterocycles. The topological polar surface area (TPSA) is 77.6 Å². The lowest BCUT2D eigenvalue weighted by Crippen LogP contribution is -2.46. The first kappa shape index (κ1) is 24.2. The van der Waals surface area contributed by atoms with Crippen LogP contribution in [0.3, 0.4) is 0 Å². The molecule has 0 bridgehead atoms. The fraction of sp³-hybridized carbons (Fsp3) is 0.393. The minimum absolute atomic E-state index is 0.0219. The van der Waals surface area contributed by atoms with Gasteiger partial charge in [0.1, 0.15) is 6.17 Å². The van der Waals surface area contributed by atoms with E-state index in [1.807, 2.05) is 61.5 Å². The molecule has 0 radical (unpaired) electrons. The fourth-order valence-corrected chi connectivity index (χ4v) is 5.17. The minimum Gasteiger partial charge on any atom is -0.382 e. The number of hydrogen-bond donors (Lipinski definition) is 2. The van der Waals surface area contributed by atoms with Crippen LogP contribution in [0, 0.1) is 0 Å². The highest BCUT2D eigenvalue weighted by Crippen LogP contribution is 2.26. The van der Waals surface area contributed by atoms with E-state index in [4.69, 9.17) is 0 Å². The molecule has 0 spiro atoms. The molecule has 2 aromatic carbocycles. The summed E-state index contributed by atoms with van der Waals surface area (Å²) in [7, 11) is 0. The molecule has 0 saturated carbocycles. The number of aromatic nitrogens is 1. The Morgan fingerprint density at radius 2 is 1.86 bits per heavy atom. The van der Waals surface area contributed by atoms with Crippen molar-refractivity contribution in [1.82, 2.24) is 14.8 Å². The van der Waals surface area contributed by atoms with Crippen LogP contribution >= 0.6 is 0 Å². The zero-order valence-corrected chi connectivity index (χ0v) is 20.5. The summed E-state index contributed by atoms with van der Waals surface area (Å²) >= 11 is 0. The number of piperidine rings is 1. The first-order chi connectivity index (χ1) is 17.5. The normalized spacial score (nSPS) is 21.0. The Balaban J connectivity index is 1.21. The highest BCUT2D eigenvalue weighted by atomic mass is 19.1. The summed E-state index contributed by atoms with van der Waals surface area (Å²) in [6.45, 7) is 4.10. The van der Waals surface area contributed by atoms with Crippen LogP contribution in [0.2, 0.25) is 0 Å². The summed E-state index contributed by atoms with van der Waals surface area (Å²) in [6, 6.07) is 17.4. The van der Waals surface area contributed by atoms with Crippen molar-refractivity contribution in [3.63, 3.8) is 0 Å². The van der Waals surface area contributed by atoms with E-state index in [1.54, 1.807) is 11.1 Å². The summed E-state index contributed by atoms with van der Waals surface area (Å²) < 4.78 is 13.7. The van der Waals surface area contributed by atoms with Crippen LogP contribution in [0.4, 0.5) is 15.8 Å². The first-order valence-electron chi connectivity index (χ1n) is 12.6. The van der Waals surface area contributed by atoms with Crippen LogP contribution < -0.4 is 10.6 Å². The molecule has 2 fully saturated rings. The number of alkyl halides is 1. The van der Waals surface area contributed by atoms with Gasteiger partial charge in [-0.3, -0.25) is 19.5 Å². The minimum atomic E-state index is -0.904. The number of pyridine rings is 1. The van der Waals surface area contributed by atoms with Gasteiger partial charge in [0.05, 0.1) is 24.2 Å². The van der Waals surface area contributed by atoms with E-state index in [9.17, 15) is 14.0 Å². The van der Waals surface area contributed by atoms with Gasteiger partial charge in [-0.1, -0.05) is 24.3 Å². The lowest BCUT2D eigenvalue weighted by atomic mass is 10.0. The average Bonchev–Trinajstić information content (AvgIpc) is 3.23. The van der Waals surface area contributed by atoms with Gasteiger partial charge in [-0.05, 0) is 50.1 Å². The van der Waals surface area contributed by atoms with Gasteiger partial charge in [0.15, 0.2) is 0 Å². The molecule has 0 aliphatic carbocycles. The molecular formula is C28H32FN5O2. The molecule has 5 rings (SSSR count). The quantitative estimate of drug-likeness (QED) is 0.539. The van der Waals surface area contributed by atoms with Crippen molar-refractivity contribution in [2.45, 2.75) is 44.4 Å². The van der Waals surface area contributed by atoms with Gasteiger partial charge in [0.25, 0.3) is 5.91 Å². The van der Waals surface area contributed by atoms with E-state index in [2.05, 4.69) is 20.5 Å². The molecule has 188 valence electrons. The summed E-state index contributed by atoms with van der Waals surface area (Å²) in [4.78, 5) is 33.8. The molecule has 1 aromatic heterocycles. The monoisotopic (exact) mass is 489 g/mol. The number of carbonyl (C=O) groups is 2. The largest absolute Gasteiger partial charge is 0.382 e. The number of fused-ring (bicyclic) bond motifs is 1. The van der Waals surface area contributed by atoms with E-state index in [0.717, 1.165) is 48.2 Å². The van der Waals surface area contributed by atoms with Crippen molar-refractivity contribution >= 4 is 34.1 Å². The molecule has 2 atom stereocenters. The Bertz CT molecular complexity index is 1230. The standard InChI is InChI=1S/C28H32FN5O2/c1-19-14-21(29)17-34(19)27(35)18-33-12-10-23(11-13-33)31-26-9-5-8-25-24(26)15-20(16-30-25)28(36)32-22-6-3-2-4-7-22/h2-9,15-16,19,21,23,31H,10-14,17-18H2,1H3,(H,32,36)/t19-,21+/m1/s1. The fourth-order valence-electron chi connectivity index (χ4n) is 5.17.